The molecule has 206 valence electrons. The van der Waals surface area contributed by atoms with Gasteiger partial charge < -0.3 is 14.4 Å². The van der Waals surface area contributed by atoms with Crippen LogP contribution < -0.4 is 9.47 Å². The van der Waals surface area contributed by atoms with Crippen LogP contribution >= 0.6 is 0 Å². The number of hydrogen-bond acceptors (Lipinski definition) is 7. The van der Waals surface area contributed by atoms with Gasteiger partial charge in [-0.25, -0.2) is 21.9 Å². The summed E-state index contributed by atoms with van der Waals surface area (Å²) in [7, 11) is -0.301. The number of fused-ring (bicyclic) bond motifs is 1. The SMILES string of the molecule is COc1c(S(C)(=O)=O)ccc(OC(C)C(C)(F)F)c1C=O.Cc1ccc(-n2cc3c(n2)CCN(C)C3)cc1. The number of benzene rings is 2. The zero-order valence-electron chi connectivity index (χ0n) is 22.4. The smallest absolute Gasteiger partial charge is 0.281 e. The van der Waals surface area contributed by atoms with Gasteiger partial charge in [0.1, 0.15) is 10.6 Å². The van der Waals surface area contributed by atoms with Crippen LogP contribution in [0.15, 0.2) is 47.5 Å². The largest absolute Gasteiger partial charge is 0.494 e. The molecule has 8 nitrogen and oxygen atoms in total. The number of likely N-dealkylation sites (N-methyl/N-ethyl adjacent to an activating group) is 1. The Labute approximate surface area is 222 Å². The summed E-state index contributed by atoms with van der Waals surface area (Å²) in [6, 6.07) is 10.8. The number of alkyl halides is 2. The topological polar surface area (TPSA) is 90.7 Å². The standard InChI is InChI=1S/C14H17N3.C13H16F2O5S/c1-11-3-5-13(6-4-11)17-10-12-9-16(2)8-7-14(12)15-17;1-8(13(2,14)15)20-10-5-6-11(21(4,17)18)12(19-3)9(10)7-16/h3-6,10H,7-9H2,1-2H3;5-8H,1-4H3. The van der Waals surface area contributed by atoms with Crippen molar-refractivity contribution in [1.82, 2.24) is 14.7 Å². The van der Waals surface area contributed by atoms with Gasteiger partial charge >= 0.3 is 0 Å². The van der Waals surface area contributed by atoms with Crippen molar-refractivity contribution >= 4 is 16.1 Å². The molecule has 0 spiro atoms. The van der Waals surface area contributed by atoms with Crippen molar-refractivity contribution in [3.63, 3.8) is 0 Å². The normalized spacial score (nSPS) is 14.6. The van der Waals surface area contributed by atoms with Gasteiger partial charge in [-0.2, -0.15) is 5.10 Å². The Morgan fingerprint density at radius 2 is 1.82 bits per heavy atom. The number of rotatable bonds is 7. The van der Waals surface area contributed by atoms with Crippen molar-refractivity contribution in [2.75, 3.05) is 27.0 Å². The minimum Gasteiger partial charge on any atom is -0.494 e. The number of carbonyl (C=O) groups excluding carboxylic acids is 1. The first-order chi connectivity index (χ1) is 17.7. The molecular weight excluding hydrogens is 516 g/mol. The molecule has 0 saturated carbocycles. The zero-order chi connectivity index (χ0) is 28.3. The third kappa shape index (κ3) is 6.96. The summed E-state index contributed by atoms with van der Waals surface area (Å²) in [5.41, 5.74) is 4.82. The second-order valence-electron chi connectivity index (χ2n) is 9.48. The number of methoxy groups -OCH3 is 1. The molecule has 4 rings (SSSR count). The second kappa shape index (κ2) is 11.6. The lowest BCUT2D eigenvalue weighted by Gasteiger charge is -2.22. The maximum absolute atomic E-state index is 13.1. The monoisotopic (exact) mass is 549 g/mol. The van der Waals surface area contributed by atoms with Crippen LogP contribution in [0.3, 0.4) is 0 Å². The lowest BCUT2D eigenvalue weighted by Crippen LogP contribution is -2.32. The van der Waals surface area contributed by atoms with E-state index in [1.54, 1.807) is 0 Å². The molecule has 0 fully saturated rings. The molecule has 1 aliphatic rings. The summed E-state index contributed by atoms with van der Waals surface area (Å²) < 4.78 is 61.5. The highest BCUT2D eigenvalue weighted by Crippen LogP contribution is 2.35. The van der Waals surface area contributed by atoms with E-state index in [9.17, 15) is 22.0 Å². The van der Waals surface area contributed by atoms with E-state index in [1.807, 2.05) is 4.68 Å². The summed E-state index contributed by atoms with van der Waals surface area (Å²) in [4.78, 5) is 13.3. The highest BCUT2D eigenvalue weighted by atomic mass is 32.2. The van der Waals surface area contributed by atoms with Crippen molar-refractivity contribution in [2.45, 2.75) is 50.7 Å². The molecule has 0 N–H and O–H groups in total. The van der Waals surface area contributed by atoms with Crippen molar-refractivity contribution in [3.8, 4) is 17.2 Å². The molecule has 1 aromatic heterocycles. The number of hydrogen-bond donors (Lipinski definition) is 0. The lowest BCUT2D eigenvalue weighted by molar-refractivity contribution is -0.0719. The molecule has 3 aromatic rings. The van der Waals surface area contributed by atoms with E-state index in [2.05, 4.69) is 54.4 Å². The Balaban J connectivity index is 0.000000214. The number of aryl methyl sites for hydroxylation is 1. The van der Waals surface area contributed by atoms with Gasteiger partial charge in [0.05, 0.1) is 24.1 Å². The number of aldehydes is 1. The van der Waals surface area contributed by atoms with E-state index in [-0.39, 0.29) is 22.0 Å². The first-order valence-electron chi connectivity index (χ1n) is 12.0. The molecule has 1 unspecified atom stereocenters. The number of aromatic nitrogens is 2. The average Bonchev–Trinajstić information content (AvgIpc) is 3.26. The Kier molecular flexibility index (Phi) is 8.94. The Morgan fingerprint density at radius 3 is 2.37 bits per heavy atom. The maximum atomic E-state index is 13.1. The highest BCUT2D eigenvalue weighted by Gasteiger charge is 2.33. The number of halogens is 2. The molecule has 0 aliphatic carbocycles. The number of sulfone groups is 1. The van der Waals surface area contributed by atoms with Gasteiger partial charge in [0.2, 0.25) is 0 Å². The van der Waals surface area contributed by atoms with Gasteiger partial charge in [-0.15, -0.1) is 0 Å². The number of carbonyl (C=O) groups is 1. The van der Waals surface area contributed by atoms with E-state index < -0.39 is 21.9 Å². The van der Waals surface area contributed by atoms with Crippen molar-refractivity contribution in [1.29, 1.82) is 0 Å². The van der Waals surface area contributed by atoms with Gasteiger partial charge in [-0.3, -0.25) is 4.79 Å². The fraction of sp³-hybridized carbons (Fsp3) is 0.407. The molecule has 1 atom stereocenters. The molecule has 0 bridgehead atoms. The fourth-order valence-electron chi connectivity index (χ4n) is 3.86. The van der Waals surface area contributed by atoms with E-state index in [0.717, 1.165) is 50.5 Å². The number of ether oxygens (including phenoxy) is 2. The minimum absolute atomic E-state index is 0.164. The molecule has 0 amide bonds. The van der Waals surface area contributed by atoms with Gasteiger partial charge in [-0.05, 0) is 45.2 Å². The predicted octanol–water partition coefficient (Wildman–Crippen LogP) is 4.50. The average molecular weight is 550 g/mol. The van der Waals surface area contributed by atoms with Crippen LogP contribution in [0, 0.1) is 6.92 Å². The van der Waals surface area contributed by atoms with E-state index in [1.165, 1.54) is 23.9 Å². The molecule has 2 aromatic carbocycles. The zero-order valence-corrected chi connectivity index (χ0v) is 23.2. The van der Waals surface area contributed by atoms with Crippen LogP contribution in [0.5, 0.6) is 11.5 Å². The summed E-state index contributed by atoms with van der Waals surface area (Å²) in [5.74, 6) is -3.51. The first kappa shape index (κ1) is 29.2. The van der Waals surface area contributed by atoms with Gasteiger partial charge in [0.15, 0.2) is 28.0 Å². The Bertz CT molecular complexity index is 1380. The summed E-state index contributed by atoms with van der Waals surface area (Å²) >= 11 is 0. The quantitative estimate of drug-likeness (QED) is 0.401. The lowest BCUT2D eigenvalue weighted by atomic mass is 10.1. The van der Waals surface area contributed by atoms with Crippen LogP contribution in [0.25, 0.3) is 5.69 Å². The Morgan fingerprint density at radius 1 is 1.16 bits per heavy atom. The summed E-state index contributed by atoms with van der Waals surface area (Å²) in [5, 5.41) is 4.68. The third-order valence-electron chi connectivity index (χ3n) is 6.21. The molecule has 2 heterocycles. The van der Waals surface area contributed by atoms with Gasteiger partial charge in [-0.1, -0.05) is 17.7 Å². The van der Waals surface area contributed by atoms with Gasteiger partial charge in [0.25, 0.3) is 5.92 Å². The van der Waals surface area contributed by atoms with E-state index >= 15 is 0 Å². The summed E-state index contributed by atoms with van der Waals surface area (Å²) in [6.07, 6.45) is 2.98. The van der Waals surface area contributed by atoms with Gasteiger partial charge in [0, 0.05) is 44.5 Å². The van der Waals surface area contributed by atoms with Crippen LogP contribution in [-0.2, 0) is 22.8 Å². The first-order valence-corrected chi connectivity index (χ1v) is 13.9. The fourth-order valence-corrected chi connectivity index (χ4v) is 4.70. The van der Waals surface area contributed by atoms with Crippen molar-refractivity contribution < 1.29 is 31.5 Å². The van der Waals surface area contributed by atoms with Crippen LogP contribution in [-0.4, -0.2) is 68.4 Å². The minimum atomic E-state index is -3.64. The molecular formula is C27H33F2N3O5S. The Hall–Kier alpha value is -3.31. The van der Waals surface area contributed by atoms with Crippen LogP contribution in [0.1, 0.15) is 41.0 Å². The molecule has 1 aliphatic heterocycles. The van der Waals surface area contributed by atoms with Crippen molar-refractivity contribution in [2.24, 2.45) is 0 Å². The number of nitrogens with zero attached hydrogens (tertiary/aromatic N) is 3. The highest BCUT2D eigenvalue weighted by molar-refractivity contribution is 7.90. The van der Waals surface area contributed by atoms with E-state index in [4.69, 9.17) is 9.47 Å². The molecule has 11 heteroatoms. The molecule has 38 heavy (non-hydrogen) atoms. The van der Waals surface area contributed by atoms with Crippen molar-refractivity contribution in [3.05, 3.63) is 65.0 Å². The van der Waals surface area contributed by atoms with Crippen LogP contribution in [0.2, 0.25) is 0 Å². The second-order valence-corrected chi connectivity index (χ2v) is 11.5. The van der Waals surface area contributed by atoms with Crippen LogP contribution in [0.4, 0.5) is 8.78 Å². The third-order valence-corrected chi connectivity index (χ3v) is 7.33. The molecule has 0 radical (unpaired) electrons. The van der Waals surface area contributed by atoms with E-state index in [0.29, 0.717) is 13.2 Å². The predicted molar refractivity (Wildman–Crippen MR) is 141 cm³/mol. The maximum Gasteiger partial charge on any atom is 0.281 e. The summed E-state index contributed by atoms with van der Waals surface area (Å²) in [6.45, 7) is 6.05. The molecule has 0 saturated heterocycles.